The molecule has 17 heavy (non-hydrogen) atoms. The van der Waals surface area contributed by atoms with Gasteiger partial charge in [0.2, 0.25) is 0 Å². The van der Waals surface area contributed by atoms with E-state index in [-0.39, 0.29) is 11.6 Å². The van der Waals surface area contributed by atoms with Crippen LogP contribution in [0.25, 0.3) is 0 Å². The fraction of sp³-hybridized carbons (Fsp3) is 0.917. The Morgan fingerprint density at radius 2 is 2.18 bits per heavy atom. The summed E-state index contributed by atoms with van der Waals surface area (Å²) >= 11 is 0. The standard InChI is InChI=1S/C12H23N3O2/c1-17-10-12(5-4-6-14-12)9-13-11(16)15-7-2-3-8-15/h14H,2-10H2,1H3,(H,13,16). The average molecular weight is 241 g/mol. The largest absolute Gasteiger partial charge is 0.383 e. The van der Waals surface area contributed by atoms with Gasteiger partial charge in [-0.3, -0.25) is 0 Å². The van der Waals surface area contributed by atoms with Crippen LogP contribution >= 0.6 is 0 Å². The quantitative estimate of drug-likeness (QED) is 0.756. The first kappa shape index (κ1) is 12.6. The number of nitrogens with zero attached hydrogens (tertiary/aromatic N) is 1. The second kappa shape index (κ2) is 5.69. The van der Waals surface area contributed by atoms with Crippen LogP contribution in [0.1, 0.15) is 25.7 Å². The summed E-state index contributed by atoms with van der Waals surface area (Å²) in [5.74, 6) is 0. The minimum atomic E-state index is -0.0515. The summed E-state index contributed by atoms with van der Waals surface area (Å²) in [6, 6.07) is 0.0756. The van der Waals surface area contributed by atoms with Gasteiger partial charge >= 0.3 is 6.03 Å². The van der Waals surface area contributed by atoms with Crippen molar-refractivity contribution in [3.8, 4) is 0 Å². The number of carbonyl (C=O) groups excluding carboxylic acids is 1. The lowest BCUT2D eigenvalue weighted by atomic mass is 9.99. The molecule has 2 rings (SSSR count). The Morgan fingerprint density at radius 1 is 1.41 bits per heavy atom. The number of carbonyl (C=O) groups is 1. The van der Waals surface area contributed by atoms with Gasteiger partial charge in [0.15, 0.2) is 0 Å². The highest BCUT2D eigenvalue weighted by atomic mass is 16.5. The zero-order valence-corrected chi connectivity index (χ0v) is 10.6. The molecule has 2 amide bonds. The lowest BCUT2D eigenvalue weighted by Crippen LogP contribution is -2.54. The second-order valence-electron chi connectivity index (χ2n) is 5.10. The monoisotopic (exact) mass is 241 g/mol. The summed E-state index contributed by atoms with van der Waals surface area (Å²) in [5.41, 5.74) is -0.0515. The molecule has 2 aliphatic rings. The van der Waals surface area contributed by atoms with Gasteiger partial charge in [0.05, 0.1) is 12.1 Å². The Bertz CT molecular complexity index is 258. The zero-order valence-electron chi connectivity index (χ0n) is 10.6. The van der Waals surface area contributed by atoms with Crippen molar-refractivity contribution >= 4 is 6.03 Å². The van der Waals surface area contributed by atoms with Gasteiger partial charge in [-0.2, -0.15) is 0 Å². The van der Waals surface area contributed by atoms with Gasteiger partial charge in [0.1, 0.15) is 0 Å². The molecule has 98 valence electrons. The molecule has 2 fully saturated rings. The van der Waals surface area contributed by atoms with Crippen LogP contribution in [0.3, 0.4) is 0 Å². The molecular weight excluding hydrogens is 218 g/mol. The van der Waals surface area contributed by atoms with Crippen molar-refractivity contribution in [2.24, 2.45) is 0 Å². The predicted octanol–water partition coefficient (Wildman–Crippen LogP) is 0.560. The zero-order chi connectivity index (χ0) is 12.1. The van der Waals surface area contributed by atoms with Crippen molar-refractivity contribution in [3.05, 3.63) is 0 Å². The van der Waals surface area contributed by atoms with E-state index in [1.807, 2.05) is 4.90 Å². The fourth-order valence-electron chi connectivity index (χ4n) is 2.75. The molecule has 0 aliphatic carbocycles. The summed E-state index contributed by atoms with van der Waals surface area (Å²) in [4.78, 5) is 13.8. The molecule has 5 heteroatoms. The molecule has 2 aliphatic heterocycles. The Kier molecular flexibility index (Phi) is 4.23. The van der Waals surface area contributed by atoms with Crippen molar-refractivity contribution < 1.29 is 9.53 Å². The van der Waals surface area contributed by atoms with Crippen LogP contribution in [0.15, 0.2) is 0 Å². The summed E-state index contributed by atoms with van der Waals surface area (Å²) in [7, 11) is 1.71. The molecule has 0 spiro atoms. The van der Waals surface area contributed by atoms with Crippen LogP contribution in [-0.2, 0) is 4.74 Å². The van der Waals surface area contributed by atoms with Gasteiger partial charge in [-0.1, -0.05) is 0 Å². The van der Waals surface area contributed by atoms with Crippen LogP contribution in [0.4, 0.5) is 4.79 Å². The first-order valence-corrected chi connectivity index (χ1v) is 6.52. The van der Waals surface area contributed by atoms with Crippen LogP contribution in [0.5, 0.6) is 0 Å². The number of ether oxygens (including phenoxy) is 1. The van der Waals surface area contributed by atoms with Gasteiger partial charge in [-0.05, 0) is 32.2 Å². The van der Waals surface area contributed by atoms with Crippen molar-refractivity contribution in [1.29, 1.82) is 0 Å². The molecule has 0 radical (unpaired) electrons. The smallest absolute Gasteiger partial charge is 0.317 e. The topological polar surface area (TPSA) is 53.6 Å². The van der Waals surface area contributed by atoms with Gasteiger partial charge in [-0.15, -0.1) is 0 Å². The molecule has 0 aromatic carbocycles. The Hall–Kier alpha value is -0.810. The van der Waals surface area contributed by atoms with E-state index in [0.29, 0.717) is 13.2 Å². The maximum absolute atomic E-state index is 11.9. The first-order valence-electron chi connectivity index (χ1n) is 6.52. The van der Waals surface area contributed by atoms with Crippen LogP contribution in [0.2, 0.25) is 0 Å². The van der Waals surface area contributed by atoms with Gasteiger partial charge in [0.25, 0.3) is 0 Å². The lowest BCUT2D eigenvalue weighted by molar-refractivity contribution is 0.118. The molecule has 0 bridgehead atoms. The molecule has 0 saturated carbocycles. The van der Waals surface area contributed by atoms with Crippen molar-refractivity contribution in [2.75, 3.05) is 39.9 Å². The molecule has 2 heterocycles. The summed E-state index contributed by atoms with van der Waals surface area (Å²) < 4.78 is 5.26. The molecule has 0 aromatic rings. The van der Waals surface area contributed by atoms with E-state index in [1.54, 1.807) is 7.11 Å². The minimum absolute atomic E-state index is 0.0515. The van der Waals surface area contributed by atoms with Crippen LogP contribution in [-0.4, -0.2) is 56.4 Å². The second-order valence-corrected chi connectivity index (χ2v) is 5.10. The van der Waals surface area contributed by atoms with E-state index >= 15 is 0 Å². The number of hydrogen-bond donors (Lipinski definition) is 2. The van der Waals surface area contributed by atoms with Gasteiger partial charge < -0.3 is 20.3 Å². The van der Waals surface area contributed by atoms with Gasteiger partial charge in [-0.25, -0.2) is 4.79 Å². The number of urea groups is 1. The number of rotatable bonds is 4. The Labute approximate surface area is 103 Å². The third-order valence-corrected chi connectivity index (χ3v) is 3.72. The predicted molar refractivity (Wildman–Crippen MR) is 66.0 cm³/mol. The molecule has 1 unspecified atom stereocenters. The number of likely N-dealkylation sites (tertiary alicyclic amines) is 1. The van der Waals surface area contributed by atoms with E-state index in [2.05, 4.69) is 10.6 Å². The van der Waals surface area contributed by atoms with E-state index in [4.69, 9.17) is 4.74 Å². The maximum atomic E-state index is 11.9. The molecule has 5 nitrogen and oxygen atoms in total. The summed E-state index contributed by atoms with van der Waals surface area (Å²) in [5, 5.41) is 6.50. The van der Waals surface area contributed by atoms with Crippen molar-refractivity contribution in [1.82, 2.24) is 15.5 Å². The number of nitrogens with one attached hydrogen (secondary N) is 2. The summed E-state index contributed by atoms with van der Waals surface area (Å²) in [6.45, 7) is 4.14. The maximum Gasteiger partial charge on any atom is 0.317 e. The molecule has 1 atom stereocenters. The van der Waals surface area contributed by atoms with E-state index in [0.717, 1.165) is 45.3 Å². The minimum Gasteiger partial charge on any atom is -0.383 e. The number of hydrogen-bond acceptors (Lipinski definition) is 3. The van der Waals surface area contributed by atoms with Crippen molar-refractivity contribution in [3.63, 3.8) is 0 Å². The Balaban J connectivity index is 1.80. The van der Waals surface area contributed by atoms with Crippen LogP contribution < -0.4 is 10.6 Å². The summed E-state index contributed by atoms with van der Waals surface area (Å²) in [6.07, 6.45) is 4.49. The Morgan fingerprint density at radius 3 is 2.76 bits per heavy atom. The molecule has 2 N–H and O–H groups in total. The third-order valence-electron chi connectivity index (χ3n) is 3.72. The van der Waals surface area contributed by atoms with E-state index in [1.165, 1.54) is 0 Å². The van der Waals surface area contributed by atoms with E-state index in [9.17, 15) is 4.79 Å². The molecule has 2 saturated heterocycles. The number of methoxy groups -OCH3 is 1. The highest BCUT2D eigenvalue weighted by molar-refractivity contribution is 5.74. The van der Waals surface area contributed by atoms with Gasteiger partial charge in [0, 0.05) is 26.7 Å². The highest BCUT2D eigenvalue weighted by Gasteiger charge is 2.34. The fourth-order valence-corrected chi connectivity index (χ4v) is 2.75. The SMILES string of the molecule is COCC1(CNC(=O)N2CCCC2)CCCN1. The average Bonchev–Trinajstić information content (AvgIpc) is 2.98. The lowest BCUT2D eigenvalue weighted by Gasteiger charge is -2.30. The normalized spacial score (nSPS) is 28.6. The molecule has 0 aromatic heterocycles. The van der Waals surface area contributed by atoms with E-state index < -0.39 is 0 Å². The number of amides is 2. The van der Waals surface area contributed by atoms with Crippen molar-refractivity contribution in [2.45, 2.75) is 31.2 Å². The first-order chi connectivity index (χ1) is 8.26. The van der Waals surface area contributed by atoms with Crippen LogP contribution in [0, 0.1) is 0 Å². The third kappa shape index (κ3) is 3.10. The highest BCUT2D eigenvalue weighted by Crippen LogP contribution is 2.19. The molecular formula is C12H23N3O2.